The predicted octanol–water partition coefficient (Wildman–Crippen LogP) is 4.13. The molecular formula is C16H20BrNO3. The molecule has 1 N–H and O–H groups in total. The lowest BCUT2D eigenvalue weighted by molar-refractivity contribution is 0.228. The number of halogens is 1. The Hall–Kier alpha value is -1.46. The van der Waals surface area contributed by atoms with E-state index in [-0.39, 0.29) is 6.10 Å². The molecule has 2 aromatic rings. The highest BCUT2D eigenvalue weighted by molar-refractivity contribution is 9.10. The Bertz CT molecular complexity index is 567. The maximum Gasteiger partial charge on any atom is 0.175 e. The van der Waals surface area contributed by atoms with Gasteiger partial charge in [0.1, 0.15) is 5.76 Å². The van der Waals surface area contributed by atoms with E-state index in [1.807, 2.05) is 38.1 Å². The van der Waals surface area contributed by atoms with Crippen LogP contribution in [0.1, 0.15) is 25.2 Å². The van der Waals surface area contributed by atoms with Crippen LogP contribution in [0.25, 0.3) is 0 Å². The lowest BCUT2D eigenvalue weighted by Crippen LogP contribution is -2.13. The molecule has 0 aliphatic heterocycles. The number of rotatable bonds is 7. The molecule has 1 aromatic heterocycles. The minimum Gasteiger partial charge on any atom is -0.493 e. The minimum absolute atomic E-state index is 0.0955. The van der Waals surface area contributed by atoms with Crippen LogP contribution in [0.4, 0.5) is 0 Å². The molecule has 0 spiro atoms. The van der Waals surface area contributed by atoms with Gasteiger partial charge >= 0.3 is 0 Å². The zero-order chi connectivity index (χ0) is 15.2. The van der Waals surface area contributed by atoms with Crippen LogP contribution in [0.5, 0.6) is 11.5 Å². The quantitative estimate of drug-likeness (QED) is 0.812. The fourth-order valence-electron chi connectivity index (χ4n) is 1.97. The summed E-state index contributed by atoms with van der Waals surface area (Å²) < 4.78 is 17.4. The monoisotopic (exact) mass is 353 g/mol. The van der Waals surface area contributed by atoms with Gasteiger partial charge in [-0.05, 0) is 59.6 Å². The van der Waals surface area contributed by atoms with Crippen LogP contribution in [-0.2, 0) is 13.1 Å². The summed E-state index contributed by atoms with van der Waals surface area (Å²) in [6.07, 6.45) is 1.77. The maximum atomic E-state index is 5.78. The summed E-state index contributed by atoms with van der Waals surface area (Å²) in [5.74, 6) is 2.39. The number of hydrogen-bond donors (Lipinski definition) is 1. The van der Waals surface area contributed by atoms with Gasteiger partial charge in [-0.3, -0.25) is 0 Å². The lowest BCUT2D eigenvalue weighted by Gasteiger charge is -2.16. The number of hydrogen-bond acceptors (Lipinski definition) is 4. The van der Waals surface area contributed by atoms with Gasteiger partial charge in [0.2, 0.25) is 0 Å². The normalized spacial score (nSPS) is 10.9. The molecule has 0 saturated heterocycles. The smallest absolute Gasteiger partial charge is 0.175 e. The van der Waals surface area contributed by atoms with Crippen molar-refractivity contribution in [3.8, 4) is 11.5 Å². The van der Waals surface area contributed by atoms with Crippen molar-refractivity contribution in [2.75, 3.05) is 7.11 Å². The molecule has 114 valence electrons. The highest BCUT2D eigenvalue weighted by Gasteiger charge is 2.13. The Morgan fingerprint density at radius 2 is 2.10 bits per heavy atom. The number of furan rings is 1. The van der Waals surface area contributed by atoms with Gasteiger partial charge < -0.3 is 19.2 Å². The second-order valence-corrected chi connectivity index (χ2v) is 5.81. The fraction of sp³-hybridized carbons (Fsp3) is 0.375. The van der Waals surface area contributed by atoms with E-state index in [1.165, 1.54) is 0 Å². The van der Waals surface area contributed by atoms with Crippen molar-refractivity contribution in [1.82, 2.24) is 5.32 Å². The Balaban J connectivity index is 2.04. The first-order valence-electron chi connectivity index (χ1n) is 6.86. The third kappa shape index (κ3) is 4.51. The molecule has 1 heterocycles. The highest BCUT2D eigenvalue weighted by atomic mass is 79.9. The molecule has 0 fully saturated rings. The van der Waals surface area contributed by atoms with Crippen molar-refractivity contribution in [2.45, 2.75) is 33.0 Å². The summed E-state index contributed by atoms with van der Waals surface area (Å²) in [5.41, 5.74) is 1.11. The Morgan fingerprint density at radius 1 is 1.29 bits per heavy atom. The van der Waals surface area contributed by atoms with Crippen LogP contribution in [0.2, 0.25) is 0 Å². The third-order valence-electron chi connectivity index (χ3n) is 2.85. The van der Waals surface area contributed by atoms with Gasteiger partial charge in [0.05, 0.1) is 30.5 Å². The van der Waals surface area contributed by atoms with Crippen molar-refractivity contribution < 1.29 is 13.9 Å². The number of nitrogens with one attached hydrogen (secondary N) is 1. The zero-order valence-corrected chi connectivity index (χ0v) is 14.1. The molecule has 0 aliphatic carbocycles. The predicted molar refractivity (Wildman–Crippen MR) is 85.7 cm³/mol. The first-order chi connectivity index (χ1) is 10.1. The van der Waals surface area contributed by atoms with E-state index in [1.54, 1.807) is 13.4 Å². The van der Waals surface area contributed by atoms with Crippen LogP contribution in [0.15, 0.2) is 39.4 Å². The Morgan fingerprint density at radius 3 is 2.71 bits per heavy atom. The molecule has 2 rings (SSSR count). The maximum absolute atomic E-state index is 5.78. The zero-order valence-electron chi connectivity index (χ0n) is 12.5. The molecule has 0 amide bonds. The summed E-state index contributed by atoms with van der Waals surface area (Å²) in [6, 6.07) is 7.85. The Labute approximate surface area is 133 Å². The van der Waals surface area contributed by atoms with E-state index >= 15 is 0 Å². The summed E-state index contributed by atoms with van der Waals surface area (Å²) >= 11 is 3.55. The average Bonchev–Trinajstić information content (AvgIpc) is 2.94. The second kappa shape index (κ2) is 7.52. The first kappa shape index (κ1) is 15.9. The van der Waals surface area contributed by atoms with Crippen molar-refractivity contribution in [3.05, 3.63) is 46.3 Å². The molecule has 5 heteroatoms. The van der Waals surface area contributed by atoms with Gasteiger partial charge in [-0.25, -0.2) is 0 Å². The van der Waals surface area contributed by atoms with Gasteiger partial charge in [-0.2, -0.15) is 0 Å². The summed E-state index contributed by atoms with van der Waals surface area (Å²) in [4.78, 5) is 0. The van der Waals surface area contributed by atoms with E-state index in [9.17, 15) is 0 Å². The number of methoxy groups -OCH3 is 1. The van der Waals surface area contributed by atoms with E-state index in [2.05, 4.69) is 21.2 Å². The molecule has 0 bridgehead atoms. The van der Waals surface area contributed by atoms with Crippen LogP contribution < -0.4 is 14.8 Å². The second-order valence-electron chi connectivity index (χ2n) is 4.96. The minimum atomic E-state index is 0.0955. The van der Waals surface area contributed by atoms with E-state index in [0.717, 1.165) is 33.8 Å². The largest absolute Gasteiger partial charge is 0.493 e. The average molecular weight is 354 g/mol. The van der Waals surface area contributed by atoms with Gasteiger partial charge in [-0.15, -0.1) is 0 Å². The molecule has 0 unspecified atom stereocenters. The van der Waals surface area contributed by atoms with Crippen molar-refractivity contribution in [3.63, 3.8) is 0 Å². The first-order valence-corrected chi connectivity index (χ1v) is 7.65. The molecule has 1 aromatic carbocycles. The topological polar surface area (TPSA) is 43.6 Å². The van der Waals surface area contributed by atoms with Gasteiger partial charge in [0, 0.05) is 6.54 Å². The van der Waals surface area contributed by atoms with E-state index in [4.69, 9.17) is 13.9 Å². The molecule has 4 nitrogen and oxygen atoms in total. The summed E-state index contributed by atoms with van der Waals surface area (Å²) in [5, 5.41) is 3.33. The summed E-state index contributed by atoms with van der Waals surface area (Å²) in [7, 11) is 1.65. The van der Waals surface area contributed by atoms with Gasteiger partial charge in [0.15, 0.2) is 11.5 Å². The highest BCUT2D eigenvalue weighted by Crippen LogP contribution is 2.37. The molecule has 0 atom stereocenters. The van der Waals surface area contributed by atoms with Crippen LogP contribution in [0, 0.1) is 0 Å². The number of benzene rings is 1. The standard InChI is InChI=1S/C16H20BrNO3/c1-11(2)21-16-14(17)7-12(8-15(16)19-3)9-18-10-13-5-4-6-20-13/h4-8,11,18H,9-10H2,1-3H3. The molecule has 0 radical (unpaired) electrons. The van der Waals surface area contributed by atoms with E-state index < -0.39 is 0 Å². The molecular weight excluding hydrogens is 334 g/mol. The van der Waals surface area contributed by atoms with E-state index in [0.29, 0.717) is 6.54 Å². The van der Waals surface area contributed by atoms with Gasteiger partial charge in [0.25, 0.3) is 0 Å². The van der Waals surface area contributed by atoms with Crippen LogP contribution in [0.3, 0.4) is 0 Å². The molecule has 0 saturated carbocycles. The third-order valence-corrected chi connectivity index (χ3v) is 3.44. The number of ether oxygens (including phenoxy) is 2. The molecule has 21 heavy (non-hydrogen) atoms. The van der Waals surface area contributed by atoms with Gasteiger partial charge in [-0.1, -0.05) is 0 Å². The SMILES string of the molecule is COc1cc(CNCc2ccco2)cc(Br)c1OC(C)C. The fourth-order valence-corrected chi connectivity index (χ4v) is 2.55. The molecule has 0 aliphatic rings. The van der Waals surface area contributed by atoms with Crippen molar-refractivity contribution >= 4 is 15.9 Å². The Kier molecular flexibility index (Phi) is 5.70. The van der Waals surface area contributed by atoms with Crippen molar-refractivity contribution in [2.24, 2.45) is 0 Å². The van der Waals surface area contributed by atoms with Crippen LogP contribution in [-0.4, -0.2) is 13.2 Å². The summed E-state index contributed by atoms with van der Waals surface area (Å²) in [6.45, 7) is 5.39. The van der Waals surface area contributed by atoms with Crippen molar-refractivity contribution in [1.29, 1.82) is 0 Å². The lowest BCUT2D eigenvalue weighted by atomic mass is 10.2. The van der Waals surface area contributed by atoms with Crippen LogP contribution >= 0.6 is 15.9 Å².